The van der Waals surface area contributed by atoms with Crippen LogP contribution in [-0.2, 0) is 6.61 Å². The lowest BCUT2D eigenvalue weighted by Crippen LogP contribution is -1.98. The number of nitriles is 1. The first-order valence-electron chi connectivity index (χ1n) is 8.88. The molecule has 0 bridgehead atoms. The Hall–Kier alpha value is -4.44. The number of nitro groups is 1. The van der Waals surface area contributed by atoms with Crippen molar-refractivity contribution in [2.24, 2.45) is 0 Å². The van der Waals surface area contributed by atoms with E-state index in [0.717, 1.165) is 0 Å². The summed E-state index contributed by atoms with van der Waals surface area (Å²) < 4.78 is 5.84. The predicted molar refractivity (Wildman–Crippen MR) is 111 cm³/mol. The molecule has 1 N–H and O–H groups in total. The van der Waals surface area contributed by atoms with E-state index < -0.39 is 10.9 Å². The number of carboxylic acids is 1. The molecule has 0 spiro atoms. The predicted octanol–water partition coefficient (Wildman–Crippen LogP) is 4.94. The van der Waals surface area contributed by atoms with Crippen LogP contribution in [0.1, 0.15) is 27.0 Å². The molecule has 0 atom stereocenters. The van der Waals surface area contributed by atoms with Crippen molar-refractivity contribution >= 4 is 23.3 Å². The Morgan fingerprint density at radius 3 is 2.43 bits per heavy atom. The summed E-state index contributed by atoms with van der Waals surface area (Å²) in [6, 6.07) is 21.4. The van der Waals surface area contributed by atoms with Crippen molar-refractivity contribution in [2.45, 2.75) is 6.61 Å². The zero-order chi connectivity index (χ0) is 21.5. The van der Waals surface area contributed by atoms with Crippen molar-refractivity contribution in [1.82, 2.24) is 0 Å². The third-order valence-electron chi connectivity index (χ3n) is 4.30. The van der Waals surface area contributed by atoms with Crippen LogP contribution in [0.15, 0.2) is 72.8 Å². The van der Waals surface area contributed by atoms with Crippen molar-refractivity contribution < 1.29 is 19.6 Å². The molecular weight excluding hydrogens is 384 g/mol. The minimum atomic E-state index is -1.04. The standard InChI is InChI=1S/C23H16N2O5/c24-14-20(17-8-10-18(11-9-17)23(26)27)13-19-5-1-2-7-22(19)30-15-16-4-3-6-21(12-16)25(28)29/h1-13H,15H2,(H,26,27)/b20-13-. The molecule has 0 amide bonds. The normalized spacial score (nSPS) is 10.8. The molecule has 7 nitrogen and oxygen atoms in total. The van der Waals surface area contributed by atoms with Gasteiger partial charge in [0.25, 0.3) is 5.69 Å². The topological polar surface area (TPSA) is 113 Å². The second-order valence-electron chi connectivity index (χ2n) is 6.31. The first kappa shape index (κ1) is 20.3. The van der Waals surface area contributed by atoms with Gasteiger partial charge in [-0.1, -0.05) is 42.5 Å². The Labute approximate surface area is 172 Å². The van der Waals surface area contributed by atoms with Gasteiger partial charge in [-0.25, -0.2) is 4.79 Å². The zero-order valence-electron chi connectivity index (χ0n) is 15.7. The fourth-order valence-electron chi connectivity index (χ4n) is 2.78. The highest BCUT2D eigenvalue weighted by atomic mass is 16.6. The van der Waals surface area contributed by atoms with Gasteiger partial charge in [0, 0.05) is 17.7 Å². The van der Waals surface area contributed by atoms with Gasteiger partial charge in [0.1, 0.15) is 12.4 Å². The van der Waals surface area contributed by atoms with Crippen molar-refractivity contribution in [3.8, 4) is 11.8 Å². The molecule has 0 saturated heterocycles. The number of allylic oxidation sites excluding steroid dienone is 1. The molecule has 148 valence electrons. The van der Waals surface area contributed by atoms with E-state index in [1.54, 1.807) is 54.6 Å². The van der Waals surface area contributed by atoms with E-state index in [1.807, 2.05) is 0 Å². The molecule has 0 radical (unpaired) electrons. The Balaban J connectivity index is 1.85. The van der Waals surface area contributed by atoms with Crippen molar-refractivity contribution in [2.75, 3.05) is 0 Å². The fraction of sp³-hybridized carbons (Fsp3) is 0.0435. The number of carboxylic acid groups (broad SMARTS) is 1. The summed E-state index contributed by atoms with van der Waals surface area (Å²) in [5, 5.41) is 29.5. The molecule has 0 aromatic heterocycles. The lowest BCUT2D eigenvalue weighted by molar-refractivity contribution is -0.384. The van der Waals surface area contributed by atoms with Crippen LogP contribution >= 0.6 is 0 Å². The molecule has 30 heavy (non-hydrogen) atoms. The number of para-hydroxylation sites is 1. The highest BCUT2D eigenvalue weighted by molar-refractivity contribution is 5.92. The molecule has 3 aromatic rings. The number of ether oxygens (including phenoxy) is 1. The maximum Gasteiger partial charge on any atom is 0.335 e. The smallest absolute Gasteiger partial charge is 0.335 e. The molecule has 0 aliphatic heterocycles. The Kier molecular flexibility index (Phi) is 6.20. The van der Waals surface area contributed by atoms with Crippen molar-refractivity contribution in [3.63, 3.8) is 0 Å². The Morgan fingerprint density at radius 2 is 1.77 bits per heavy atom. The number of aromatic carboxylic acids is 1. The number of hydrogen-bond donors (Lipinski definition) is 1. The van der Waals surface area contributed by atoms with Gasteiger partial charge >= 0.3 is 5.97 Å². The summed E-state index contributed by atoms with van der Waals surface area (Å²) in [6.07, 6.45) is 1.65. The van der Waals surface area contributed by atoms with Gasteiger partial charge in [-0.15, -0.1) is 0 Å². The van der Waals surface area contributed by atoms with Crippen LogP contribution in [0.2, 0.25) is 0 Å². The molecule has 3 rings (SSSR count). The third kappa shape index (κ3) is 4.88. The number of benzene rings is 3. The van der Waals surface area contributed by atoms with Gasteiger partial charge in [0.15, 0.2) is 0 Å². The summed E-state index contributed by atoms with van der Waals surface area (Å²) in [5.41, 5.74) is 2.35. The first-order chi connectivity index (χ1) is 14.5. The molecule has 0 heterocycles. The zero-order valence-corrected chi connectivity index (χ0v) is 15.7. The largest absolute Gasteiger partial charge is 0.488 e. The van der Waals surface area contributed by atoms with Crippen LogP contribution in [0.3, 0.4) is 0 Å². The molecular formula is C23H16N2O5. The average Bonchev–Trinajstić information content (AvgIpc) is 2.77. The van der Waals surface area contributed by atoms with Crippen LogP contribution in [0.25, 0.3) is 11.6 Å². The first-order valence-corrected chi connectivity index (χ1v) is 8.88. The molecule has 0 saturated carbocycles. The molecule has 7 heteroatoms. The summed E-state index contributed by atoms with van der Waals surface area (Å²) in [6.45, 7) is 0.127. The fourth-order valence-corrected chi connectivity index (χ4v) is 2.78. The number of non-ortho nitro benzene ring substituents is 1. The van der Waals surface area contributed by atoms with Gasteiger partial charge in [-0.3, -0.25) is 10.1 Å². The Morgan fingerprint density at radius 1 is 1.07 bits per heavy atom. The van der Waals surface area contributed by atoms with Crippen LogP contribution in [0.5, 0.6) is 5.75 Å². The van der Waals surface area contributed by atoms with Gasteiger partial charge in [-0.2, -0.15) is 5.26 Å². The maximum absolute atomic E-state index is 11.0. The third-order valence-corrected chi connectivity index (χ3v) is 4.30. The number of rotatable bonds is 7. The summed E-state index contributed by atoms with van der Waals surface area (Å²) in [5.74, 6) is -0.525. The summed E-state index contributed by atoms with van der Waals surface area (Å²) in [4.78, 5) is 21.5. The second kappa shape index (κ2) is 9.17. The molecule has 0 fully saturated rings. The number of carbonyl (C=O) groups is 1. The Bertz CT molecular complexity index is 1160. The second-order valence-corrected chi connectivity index (χ2v) is 6.31. The number of nitro benzene ring substituents is 1. The number of nitrogens with zero attached hydrogens (tertiary/aromatic N) is 2. The van der Waals surface area contributed by atoms with E-state index >= 15 is 0 Å². The van der Waals surface area contributed by atoms with Crippen LogP contribution in [0, 0.1) is 21.4 Å². The molecule has 3 aromatic carbocycles. The van der Waals surface area contributed by atoms with Gasteiger partial charge < -0.3 is 9.84 Å². The quantitative estimate of drug-likeness (QED) is 0.260. The highest BCUT2D eigenvalue weighted by Crippen LogP contribution is 2.26. The minimum Gasteiger partial charge on any atom is -0.488 e. The van der Waals surface area contributed by atoms with E-state index in [4.69, 9.17) is 9.84 Å². The molecule has 0 aliphatic rings. The minimum absolute atomic E-state index is 0.0131. The highest BCUT2D eigenvalue weighted by Gasteiger charge is 2.09. The monoisotopic (exact) mass is 400 g/mol. The van der Waals surface area contributed by atoms with Gasteiger partial charge in [0.05, 0.1) is 22.1 Å². The number of hydrogen-bond acceptors (Lipinski definition) is 5. The van der Waals surface area contributed by atoms with E-state index in [9.17, 15) is 20.2 Å². The van der Waals surface area contributed by atoms with E-state index in [1.165, 1.54) is 24.3 Å². The lowest BCUT2D eigenvalue weighted by Gasteiger charge is -2.10. The van der Waals surface area contributed by atoms with Crippen molar-refractivity contribution in [3.05, 3.63) is 105 Å². The van der Waals surface area contributed by atoms with Crippen LogP contribution in [0.4, 0.5) is 5.69 Å². The van der Waals surface area contributed by atoms with Gasteiger partial charge in [0.2, 0.25) is 0 Å². The molecule has 0 unspecified atom stereocenters. The molecule has 0 aliphatic carbocycles. The summed E-state index contributed by atoms with van der Waals surface area (Å²) >= 11 is 0. The lowest BCUT2D eigenvalue weighted by atomic mass is 10.0. The van der Waals surface area contributed by atoms with E-state index in [-0.39, 0.29) is 17.9 Å². The SMILES string of the molecule is N#C/C(=C/c1ccccc1OCc1cccc([N+](=O)[O-])c1)c1ccc(C(=O)O)cc1. The maximum atomic E-state index is 11.0. The average molecular weight is 400 g/mol. The van der Waals surface area contributed by atoms with Crippen LogP contribution in [-0.4, -0.2) is 16.0 Å². The van der Waals surface area contributed by atoms with E-state index in [0.29, 0.717) is 28.0 Å². The van der Waals surface area contributed by atoms with Crippen molar-refractivity contribution in [1.29, 1.82) is 5.26 Å². The van der Waals surface area contributed by atoms with Crippen LogP contribution < -0.4 is 4.74 Å². The van der Waals surface area contributed by atoms with Gasteiger partial charge in [-0.05, 0) is 35.4 Å². The summed E-state index contributed by atoms with van der Waals surface area (Å²) in [7, 11) is 0. The van der Waals surface area contributed by atoms with E-state index in [2.05, 4.69) is 6.07 Å².